The summed E-state index contributed by atoms with van der Waals surface area (Å²) in [5.41, 5.74) is 4.81. The number of esters is 1. The van der Waals surface area contributed by atoms with Crippen LogP contribution in [0.25, 0.3) is 0 Å². The van der Waals surface area contributed by atoms with Gasteiger partial charge in [-0.2, -0.15) is 0 Å². The van der Waals surface area contributed by atoms with Crippen molar-refractivity contribution >= 4 is 18.4 Å². The van der Waals surface area contributed by atoms with E-state index in [2.05, 4.69) is 4.74 Å². The SMILES string of the molecule is C1CCCCC1.COC(=O)CN.Cl. The Labute approximate surface area is 86.4 Å². The highest BCUT2D eigenvalue weighted by atomic mass is 35.5. The first-order valence-electron chi connectivity index (χ1n) is 4.58. The maximum Gasteiger partial charge on any atom is 0.319 e. The zero-order valence-corrected chi connectivity index (χ0v) is 9.07. The van der Waals surface area contributed by atoms with Gasteiger partial charge in [-0.05, 0) is 0 Å². The molecule has 1 rings (SSSR count). The van der Waals surface area contributed by atoms with Crippen LogP contribution in [-0.4, -0.2) is 19.6 Å². The van der Waals surface area contributed by atoms with Gasteiger partial charge in [0, 0.05) is 0 Å². The number of methoxy groups -OCH3 is 1. The summed E-state index contributed by atoms with van der Waals surface area (Å²) in [6.45, 7) is -0.0312. The van der Waals surface area contributed by atoms with Crippen molar-refractivity contribution in [3.63, 3.8) is 0 Å². The highest BCUT2D eigenvalue weighted by Gasteiger charge is 1.95. The first-order chi connectivity index (χ1) is 5.81. The van der Waals surface area contributed by atoms with Gasteiger partial charge in [0.25, 0.3) is 0 Å². The van der Waals surface area contributed by atoms with Crippen molar-refractivity contribution < 1.29 is 9.53 Å². The zero-order valence-electron chi connectivity index (χ0n) is 8.25. The minimum atomic E-state index is -0.380. The third kappa shape index (κ3) is 11.7. The van der Waals surface area contributed by atoms with E-state index in [9.17, 15) is 4.79 Å². The third-order valence-electron chi connectivity index (χ3n) is 1.89. The van der Waals surface area contributed by atoms with Crippen LogP contribution in [0.5, 0.6) is 0 Å². The maximum atomic E-state index is 9.83. The normalized spacial score (nSPS) is 14.6. The summed E-state index contributed by atoms with van der Waals surface area (Å²) in [6.07, 6.45) is 9.00. The van der Waals surface area contributed by atoms with E-state index >= 15 is 0 Å². The summed E-state index contributed by atoms with van der Waals surface area (Å²) in [5, 5.41) is 0. The molecule has 0 atom stereocenters. The molecule has 0 amide bonds. The molecule has 0 radical (unpaired) electrons. The van der Waals surface area contributed by atoms with Crippen molar-refractivity contribution in [3.05, 3.63) is 0 Å². The quantitative estimate of drug-likeness (QED) is 0.671. The van der Waals surface area contributed by atoms with E-state index in [0.29, 0.717) is 0 Å². The van der Waals surface area contributed by atoms with E-state index < -0.39 is 0 Å². The second-order valence-corrected chi connectivity index (χ2v) is 2.90. The Hall–Kier alpha value is -0.280. The van der Waals surface area contributed by atoms with Crippen LogP contribution in [0.2, 0.25) is 0 Å². The molecule has 80 valence electrons. The van der Waals surface area contributed by atoms with Crippen LogP contribution in [0.1, 0.15) is 38.5 Å². The lowest BCUT2D eigenvalue weighted by molar-refractivity contribution is -0.138. The fraction of sp³-hybridized carbons (Fsp3) is 0.889. The summed E-state index contributed by atoms with van der Waals surface area (Å²) < 4.78 is 4.14. The molecule has 0 saturated heterocycles. The first kappa shape index (κ1) is 15.2. The summed E-state index contributed by atoms with van der Waals surface area (Å²) >= 11 is 0. The molecule has 1 saturated carbocycles. The summed E-state index contributed by atoms with van der Waals surface area (Å²) in [7, 11) is 1.30. The van der Waals surface area contributed by atoms with Gasteiger partial charge < -0.3 is 10.5 Å². The van der Waals surface area contributed by atoms with Crippen LogP contribution in [0.4, 0.5) is 0 Å². The number of carbonyl (C=O) groups is 1. The van der Waals surface area contributed by atoms with E-state index in [-0.39, 0.29) is 24.9 Å². The van der Waals surface area contributed by atoms with Crippen molar-refractivity contribution in [1.82, 2.24) is 0 Å². The number of nitrogens with two attached hydrogens (primary N) is 1. The van der Waals surface area contributed by atoms with Crippen LogP contribution in [0, 0.1) is 0 Å². The average molecular weight is 210 g/mol. The van der Waals surface area contributed by atoms with Crippen molar-refractivity contribution in [2.45, 2.75) is 38.5 Å². The fourth-order valence-electron chi connectivity index (χ4n) is 1.14. The topological polar surface area (TPSA) is 52.3 Å². The molecule has 1 aliphatic carbocycles. The standard InChI is InChI=1S/C6H12.C3H7NO2.ClH/c1-2-4-6-5-3-1;1-6-3(5)2-4;/h1-6H2;2,4H2,1H3;1H. The summed E-state index contributed by atoms with van der Waals surface area (Å²) in [4.78, 5) is 9.83. The van der Waals surface area contributed by atoms with E-state index in [1.54, 1.807) is 0 Å². The number of halogens is 1. The molecule has 0 aromatic carbocycles. The Morgan fingerprint density at radius 2 is 1.46 bits per heavy atom. The lowest BCUT2D eigenvalue weighted by Crippen LogP contribution is -2.14. The van der Waals surface area contributed by atoms with Crippen LogP contribution in [0.15, 0.2) is 0 Å². The highest BCUT2D eigenvalue weighted by Crippen LogP contribution is 2.15. The van der Waals surface area contributed by atoms with Gasteiger partial charge in [-0.25, -0.2) is 0 Å². The van der Waals surface area contributed by atoms with Gasteiger partial charge in [-0.3, -0.25) is 4.79 Å². The summed E-state index contributed by atoms with van der Waals surface area (Å²) in [5.74, 6) is -0.380. The molecule has 1 aliphatic rings. The minimum Gasteiger partial charge on any atom is -0.468 e. The molecule has 0 unspecified atom stereocenters. The van der Waals surface area contributed by atoms with Gasteiger partial charge in [-0.15, -0.1) is 12.4 Å². The zero-order chi connectivity index (χ0) is 9.23. The highest BCUT2D eigenvalue weighted by molar-refractivity contribution is 5.85. The molecule has 3 nitrogen and oxygen atoms in total. The second kappa shape index (κ2) is 11.7. The number of hydrogen-bond acceptors (Lipinski definition) is 3. The van der Waals surface area contributed by atoms with Gasteiger partial charge in [0.05, 0.1) is 13.7 Å². The average Bonchev–Trinajstić information content (AvgIpc) is 2.20. The van der Waals surface area contributed by atoms with Crippen LogP contribution in [0.3, 0.4) is 0 Å². The molecule has 0 aromatic rings. The smallest absolute Gasteiger partial charge is 0.319 e. The Morgan fingerprint density at radius 3 is 1.54 bits per heavy atom. The van der Waals surface area contributed by atoms with E-state index in [4.69, 9.17) is 5.73 Å². The van der Waals surface area contributed by atoms with Gasteiger partial charge in [0.2, 0.25) is 0 Å². The molecule has 0 heterocycles. The molecule has 1 fully saturated rings. The molecule has 0 spiro atoms. The Kier molecular flexibility index (Phi) is 13.7. The largest absolute Gasteiger partial charge is 0.468 e. The van der Waals surface area contributed by atoms with E-state index in [0.717, 1.165) is 0 Å². The predicted octanol–water partition coefficient (Wildman–Crippen LogP) is 1.88. The number of rotatable bonds is 1. The lowest BCUT2D eigenvalue weighted by Gasteiger charge is -2.05. The molecule has 0 bridgehead atoms. The number of hydrogen-bond donors (Lipinski definition) is 1. The second-order valence-electron chi connectivity index (χ2n) is 2.90. The van der Waals surface area contributed by atoms with Gasteiger partial charge in [0.15, 0.2) is 0 Å². The molecule has 4 heteroatoms. The van der Waals surface area contributed by atoms with E-state index in [1.165, 1.54) is 45.6 Å². The fourth-order valence-corrected chi connectivity index (χ4v) is 1.14. The Bertz CT molecular complexity index is 98.7. The van der Waals surface area contributed by atoms with Gasteiger partial charge in [0.1, 0.15) is 0 Å². The first-order valence-corrected chi connectivity index (χ1v) is 4.58. The molecular weight excluding hydrogens is 190 g/mol. The molecular formula is C9H20ClNO2. The monoisotopic (exact) mass is 209 g/mol. The van der Waals surface area contributed by atoms with Crippen LogP contribution < -0.4 is 5.73 Å². The molecule has 2 N–H and O–H groups in total. The van der Waals surface area contributed by atoms with E-state index in [1.807, 2.05) is 0 Å². The van der Waals surface area contributed by atoms with Gasteiger partial charge >= 0.3 is 5.97 Å². The Balaban J connectivity index is 0. The predicted molar refractivity (Wildman–Crippen MR) is 56.0 cm³/mol. The molecule has 0 aromatic heterocycles. The van der Waals surface area contributed by atoms with Crippen molar-refractivity contribution in [3.8, 4) is 0 Å². The lowest BCUT2D eigenvalue weighted by atomic mass is 10.0. The maximum absolute atomic E-state index is 9.83. The minimum absolute atomic E-state index is 0. The Morgan fingerprint density at radius 1 is 1.15 bits per heavy atom. The van der Waals surface area contributed by atoms with Crippen LogP contribution in [-0.2, 0) is 9.53 Å². The van der Waals surface area contributed by atoms with Crippen molar-refractivity contribution in [2.24, 2.45) is 5.73 Å². The van der Waals surface area contributed by atoms with Crippen molar-refractivity contribution in [2.75, 3.05) is 13.7 Å². The van der Waals surface area contributed by atoms with Crippen LogP contribution >= 0.6 is 12.4 Å². The molecule has 0 aliphatic heterocycles. The third-order valence-corrected chi connectivity index (χ3v) is 1.89. The van der Waals surface area contributed by atoms with Crippen molar-refractivity contribution in [1.29, 1.82) is 0 Å². The van der Waals surface area contributed by atoms with Gasteiger partial charge in [-0.1, -0.05) is 38.5 Å². The number of ether oxygens (including phenoxy) is 1. The molecule has 13 heavy (non-hydrogen) atoms. The summed E-state index contributed by atoms with van der Waals surface area (Å²) in [6, 6.07) is 0. The number of carbonyl (C=O) groups excluding carboxylic acids is 1.